The van der Waals surface area contributed by atoms with E-state index in [1.807, 2.05) is 0 Å². The predicted octanol–water partition coefficient (Wildman–Crippen LogP) is 4.89. The molecule has 0 atom stereocenters. The molecule has 0 radical (unpaired) electrons. The Kier molecular flexibility index (Phi) is 7.33. The number of rotatable bonds is 7. The normalized spacial score (nSPS) is 17.9. The highest BCUT2D eigenvalue weighted by Crippen LogP contribution is 2.27. The summed E-state index contributed by atoms with van der Waals surface area (Å²) in [6.07, 6.45) is 8.59. The first-order valence-electron chi connectivity index (χ1n) is 10.4. The number of ether oxygens (including phenoxy) is 1. The van der Waals surface area contributed by atoms with Gasteiger partial charge in [0, 0.05) is 18.3 Å². The summed E-state index contributed by atoms with van der Waals surface area (Å²) in [5.74, 6) is 1.58. The Morgan fingerprint density at radius 3 is 2.59 bits per heavy atom. The summed E-state index contributed by atoms with van der Waals surface area (Å²) >= 11 is 0. The van der Waals surface area contributed by atoms with E-state index in [-0.39, 0.29) is 7.43 Å². The Bertz CT molecular complexity index is 651. The van der Waals surface area contributed by atoms with Crippen LogP contribution in [-0.4, -0.2) is 40.9 Å². The highest BCUT2D eigenvalue weighted by atomic mass is 16.5. The van der Waals surface area contributed by atoms with Gasteiger partial charge in [-0.1, -0.05) is 37.8 Å². The number of aryl methyl sites for hydroxylation is 2. The fraction of sp³-hybridized carbons (Fsp3) is 0.609. The van der Waals surface area contributed by atoms with Crippen LogP contribution in [0.5, 0.6) is 5.88 Å². The summed E-state index contributed by atoms with van der Waals surface area (Å²) in [6, 6.07) is 13.1. The topological polar surface area (TPSA) is 30.3 Å². The molecule has 0 spiro atoms. The number of nitrogens with zero attached hydrogens (tertiary/aromatic N) is 3. The summed E-state index contributed by atoms with van der Waals surface area (Å²) in [7, 11) is 0. The van der Waals surface area contributed by atoms with Gasteiger partial charge in [0.05, 0.1) is 6.61 Å². The number of benzene rings is 1. The molecule has 0 saturated carbocycles. The molecule has 0 bridgehead atoms. The van der Waals surface area contributed by atoms with Crippen molar-refractivity contribution < 1.29 is 4.74 Å². The van der Waals surface area contributed by atoms with Crippen LogP contribution in [0.2, 0.25) is 0 Å². The van der Waals surface area contributed by atoms with Gasteiger partial charge >= 0.3 is 0 Å². The lowest BCUT2D eigenvalue weighted by atomic mass is 9.89. The number of aromatic nitrogens is 2. The third-order valence-corrected chi connectivity index (χ3v) is 5.87. The van der Waals surface area contributed by atoms with Crippen LogP contribution in [0.25, 0.3) is 0 Å². The molecule has 4 heteroatoms. The fourth-order valence-electron chi connectivity index (χ4n) is 4.29. The fourth-order valence-corrected chi connectivity index (χ4v) is 4.29. The van der Waals surface area contributed by atoms with Gasteiger partial charge < -0.3 is 9.64 Å². The van der Waals surface area contributed by atoms with E-state index in [0.717, 1.165) is 37.8 Å². The van der Waals surface area contributed by atoms with E-state index in [4.69, 9.17) is 4.74 Å². The van der Waals surface area contributed by atoms with E-state index >= 15 is 0 Å². The summed E-state index contributed by atoms with van der Waals surface area (Å²) in [4.78, 5) is 2.62. The summed E-state index contributed by atoms with van der Waals surface area (Å²) < 4.78 is 7.99. The molecule has 0 aliphatic carbocycles. The maximum absolute atomic E-state index is 5.87. The van der Waals surface area contributed by atoms with Crippen molar-refractivity contribution >= 4 is 0 Å². The predicted molar refractivity (Wildman–Crippen MR) is 111 cm³/mol. The molecule has 4 nitrogen and oxygen atoms in total. The van der Waals surface area contributed by atoms with Crippen molar-refractivity contribution in [1.29, 1.82) is 0 Å². The summed E-state index contributed by atoms with van der Waals surface area (Å²) in [6.45, 7) is 5.50. The van der Waals surface area contributed by atoms with E-state index in [9.17, 15) is 0 Å². The van der Waals surface area contributed by atoms with Gasteiger partial charge in [0.2, 0.25) is 5.88 Å². The average Bonchev–Trinajstić information content (AvgIpc) is 3.12. The van der Waals surface area contributed by atoms with Gasteiger partial charge in [0.15, 0.2) is 0 Å². The maximum Gasteiger partial charge on any atom is 0.232 e. The molecule has 0 unspecified atom stereocenters. The summed E-state index contributed by atoms with van der Waals surface area (Å²) in [5.41, 5.74) is 2.86. The molecule has 2 aromatic rings. The zero-order valence-electron chi connectivity index (χ0n) is 15.8. The second kappa shape index (κ2) is 9.93. The van der Waals surface area contributed by atoms with Crippen molar-refractivity contribution in [3.63, 3.8) is 0 Å². The van der Waals surface area contributed by atoms with E-state index in [1.54, 1.807) is 0 Å². The molecule has 1 aromatic heterocycles. The van der Waals surface area contributed by atoms with Crippen molar-refractivity contribution in [3.8, 4) is 5.88 Å². The van der Waals surface area contributed by atoms with Crippen molar-refractivity contribution in [2.24, 2.45) is 0 Å². The Labute approximate surface area is 164 Å². The molecular weight excluding hydrogens is 334 g/mol. The molecule has 27 heavy (non-hydrogen) atoms. The smallest absolute Gasteiger partial charge is 0.232 e. The Balaban J connectivity index is 0.00000210. The molecule has 1 aromatic carbocycles. The first-order chi connectivity index (χ1) is 12.9. The quantitative estimate of drug-likeness (QED) is 0.651. The first kappa shape index (κ1) is 19.9. The van der Waals surface area contributed by atoms with Gasteiger partial charge in [0.25, 0.3) is 0 Å². The van der Waals surface area contributed by atoms with Gasteiger partial charge in [-0.3, -0.25) is 4.68 Å². The zero-order chi connectivity index (χ0) is 17.6. The lowest BCUT2D eigenvalue weighted by Crippen LogP contribution is -2.33. The van der Waals surface area contributed by atoms with Gasteiger partial charge in [-0.15, -0.1) is 5.10 Å². The largest absolute Gasteiger partial charge is 0.477 e. The monoisotopic (exact) mass is 369 g/mol. The highest BCUT2D eigenvalue weighted by Gasteiger charge is 2.20. The minimum atomic E-state index is 0. The lowest BCUT2D eigenvalue weighted by Gasteiger charge is -2.32. The molecule has 1 fully saturated rings. The zero-order valence-corrected chi connectivity index (χ0v) is 15.8. The number of fused-ring (bicyclic) bond motifs is 1. The number of hydrogen-bond donors (Lipinski definition) is 0. The first-order valence-corrected chi connectivity index (χ1v) is 10.4. The van der Waals surface area contributed by atoms with Crippen LogP contribution < -0.4 is 4.74 Å². The Morgan fingerprint density at radius 2 is 1.81 bits per heavy atom. The van der Waals surface area contributed by atoms with Gasteiger partial charge in [-0.2, -0.15) is 0 Å². The molecule has 4 rings (SSSR count). The van der Waals surface area contributed by atoms with Crippen LogP contribution in [0.1, 0.15) is 63.1 Å². The number of piperidine rings is 1. The highest BCUT2D eigenvalue weighted by molar-refractivity contribution is 5.20. The standard InChI is InChI=1S/C22H31N3O.CH4/c1-2-8-19(9-3-1)20-11-15-24(16-12-20)13-6-7-17-26-22-18-21-10-4-5-14-25(21)23-22;/h1-3,8-9,18,20H,4-7,10-17H2;1H4. The molecule has 0 amide bonds. The van der Waals surface area contributed by atoms with Crippen LogP contribution >= 0.6 is 0 Å². The third-order valence-electron chi connectivity index (χ3n) is 5.87. The minimum absolute atomic E-state index is 0. The van der Waals surface area contributed by atoms with Crippen molar-refractivity contribution in [2.45, 2.75) is 64.8 Å². The van der Waals surface area contributed by atoms with Crippen molar-refractivity contribution in [2.75, 3.05) is 26.2 Å². The van der Waals surface area contributed by atoms with E-state index in [0.29, 0.717) is 0 Å². The maximum atomic E-state index is 5.87. The third kappa shape index (κ3) is 5.35. The second-order valence-electron chi connectivity index (χ2n) is 7.74. The van der Waals surface area contributed by atoms with Crippen molar-refractivity contribution in [3.05, 3.63) is 47.7 Å². The van der Waals surface area contributed by atoms with Crippen LogP contribution in [0.15, 0.2) is 36.4 Å². The number of hydrogen-bond acceptors (Lipinski definition) is 3. The van der Waals surface area contributed by atoms with E-state index in [2.05, 4.69) is 51.1 Å². The molecule has 148 valence electrons. The lowest BCUT2D eigenvalue weighted by molar-refractivity contribution is 0.201. The van der Waals surface area contributed by atoms with Gasteiger partial charge in [-0.25, -0.2) is 0 Å². The summed E-state index contributed by atoms with van der Waals surface area (Å²) in [5, 5.41) is 4.56. The molecule has 1 saturated heterocycles. The molecule has 2 aliphatic rings. The van der Waals surface area contributed by atoms with Crippen LogP contribution in [0, 0.1) is 0 Å². The van der Waals surface area contributed by atoms with Gasteiger partial charge in [0.1, 0.15) is 0 Å². The number of likely N-dealkylation sites (tertiary alicyclic amines) is 1. The molecular formula is C23H35N3O. The molecule has 2 aliphatic heterocycles. The van der Waals surface area contributed by atoms with E-state index < -0.39 is 0 Å². The van der Waals surface area contributed by atoms with Crippen LogP contribution in [0.3, 0.4) is 0 Å². The second-order valence-corrected chi connectivity index (χ2v) is 7.74. The van der Waals surface area contributed by atoms with E-state index in [1.165, 1.54) is 63.0 Å². The number of unbranched alkanes of at least 4 members (excludes halogenated alkanes) is 1. The van der Waals surface area contributed by atoms with Crippen molar-refractivity contribution in [1.82, 2.24) is 14.7 Å². The van der Waals surface area contributed by atoms with Crippen LogP contribution in [0.4, 0.5) is 0 Å². The van der Waals surface area contributed by atoms with Gasteiger partial charge in [-0.05, 0) is 76.1 Å². The Morgan fingerprint density at radius 1 is 1.00 bits per heavy atom. The minimum Gasteiger partial charge on any atom is -0.477 e. The molecule has 0 N–H and O–H groups in total. The SMILES string of the molecule is C.c1ccc(C2CCN(CCCCOc3cc4n(n3)CCCC4)CC2)cc1. The average molecular weight is 370 g/mol. The molecule has 3 heterocycles. The van der Waals surface area contributed by atoms with Crippen LogP contribution in [-0.2, 0) is 13.0 Å². The Hall–Kier alpha value is -1.81.